The lowest BCUT2D eigenvalue weighted by atomic mass is 9.84. The minimum Gasteiger partial charge on any atom is -0.309 e. The molecule has 1 fully saturated rings. The highest BCUT2D eigenvalue weighted by molar-refractivity contribution is 6.31. The molecule has 0 saturated heterocycles. The zero-order valence-electron chi connectivity index (χ0n) is 13.6. The van der Waals surface area contributed by atoms with Gasteiger partial charge in [-0.05, 0) is 31.7 Å². The number of halogens is 1. The number of nitrogens with one attached hydrogen (secondary N) is 1. The first-order valence-electron chi connectivity index (χ1n) is 8.72. The highest BCUT2D eigenvalue weighted by atomic mass is 35.5. The van der Waals surface area contributed by atoms with E-state index in [0.717, 1.165) is 24.5 Å². The van der Waals surface area contributed by atoms with E-state index < -0.39 is 0 Å². The van der Waals surface area contributed by atoms with Crippen LogP contribution < -0.4 is 5.32 Å². The van der Waals surface area contributed by atoms with E-state index in [4.69, 9.17) is 11.6 Å². The minimum atomic E-state index is 0.356. The molecule has 1 aliphatic rings. The Labute approximate surface area is 134 Å². The van der Waals surface area contributed by atoms with Gasteiger partial charge in [0, 0.05) is 6.54 Å². The maximum Gasteiger partial charge on any atom is 0.0834 e. The normalized spacial score (nSPS) is 19.2. The van der Waals surface area contributed by atoms with Gasteiger partial charge in [0.15, 0.2) is 0 Å². The molecule has 1 aromatic rings. The van der Waals surface area contributed by atoms with Crippen molar-refractivity contribution in [3.8, 4) is 0 Å². The summed E-state index contributed by atoms with van der Waals surface area (Å²) in [7, 11) is 0. The summed E-state index contributed by atoms with van der Waals surface area (Å²) in [6.45, 7) is 6.31. The van der Waals surface area contributed by atoms with E-state index in [1.807, 2.05) is 6.20 Å². The number of aromatic nitrogens is 2. The standard InChI is InChI=1S/C17H30ClN3/c1-3-12-21-17(15(18)13-20-21)16(19-4-2)14-10-8-6-5-7-9-11-14/h13-14,16,19H,3-12H2,1-2H3. The molecule has 0 bridgehead atoms. The van der Waals surface area contributed by atoms with Crippen LogP contribution in [0.15, 0.2) is 6.20 Å². The SMILES string of the molecule is CCCn1ncc(Cl)c1C(NCC)C1CCCCCCC1. The Hall–Kier alpha value is -0.540. The first-order valence-corrected chi connectivity index (χ1v) is 9.10. The van der Waals surface area contributed by atoms with E-state index in [2.05, 4.69) is 28.9 Å². The second-order valence-electron chi connectivity index (χ2n) is 6.24. The monoisotopic (exact) mass is 311 g/mol. The summed E-state index contributed by atoms with van der Waals surface area (Å²) in [5, 5.41) is 9.02. The smallest absolute Gasteiger partial charge is 0.0834 e. The second-order valence-corrected chi connectivity index (χ2v) is 6.65. The van der Waals surface area contributed by atoms with Crippen molar-refractivity contribution < 1.29 is 0 Å². The Balaban J connectivity index is 2.22. The molecule has 0 aliphatic heterocycles. The predicted octanol–water partition coefficient (Wildman–Crippen LogP) is 4.96. The summed E-state index contributed by atoms with van der Waals surface area (Å²) in [4.78, 5) is 0. The highest BCUT2D eigenvalue weighted by Crippen LogP contribution is 2.35. The molecule has 21 heavy (non-hydrogen) atoms. The Bertz CT molecular complexity index is 408. The Morgan fingerprint density at radius 1 is 1.24 bits per heavy atom. The maximum absolute atomic E-state index is 6.48. The van der Waals surface area contributed by atoms with Crippen LogP contribution in [0.3, 0.4) is 0 Å². The molecule has 1 heterocycles. The van der Waals surface area contributed by atoms with Gasteiger partial charge in [-0.25, -0.2) is 0 Å². The minimum absolute atomic E-state index is 0.356. The van der Waals surface area contributed by atoms with Crippen LogP contribution >= 0.6 is 11.6 Å². The molecule has 4 heteroatoms. The van der Waals surface area contributed by atoms with Gasteiger partial charge >= 0.3 is 0 Å². The first kappa shape index (κ1) is 16.8. The number of aryl methyl sites for hydroxylation is 1. The van der Waals surface area contributed by atoms with Crippen LogP contribution in [0.1, 0.15) is 76.9 Å². The average molecular weight is 312 g/mol. The molecule has 1 aliphatic carbocycles. The summed E-state index contributed by atoms with van der Waals surface area (Å²) in [6.07, 6.45) is 12.4. The Kier molecular flexibility index (Phi) is 7.05. The van der Waals surface area contributed by atoms with E-state index in [1.165, 1.54) is 50.6 Å². The van der Waals surface area contributed by atoms with Gasteiger partial charge in [0.1, 0.15) is 0 Å². The van der Waals surface area contributed by atoms with Gasteiger partial charge in [-0.15, -0.1) is 0 Å². The average Bonchev–Trinajstić information content (AvgIpc) is 2.78. The molecule has 3 nitrogen and oxygen atoms in total. The number of hydrogen-bond donors (Lipinski definition) is 1. The van der Waals surface area contributed by atoms with Crippen LogP contribution in [0.2, 0.25) is 5.02 Å². The molecule has 0 amide bonds. The molecule has 1 saturated carbocycles. The summed E-state index contributed by atoms with van der Waals surface area (Å²) in [5.74, 6) is 0.690. The molecule has 1 unspecified atom stereocenters. The van der Waals surface area contributed by atoms with Gasteiger partial charge in [0.25, 0.3) is 0 Å². The first-order chi connectivity index (χ1) is 10.3. The summed E-state index contributed by atoms with van der Waals surface area (Å²) >= 11 is 6.48. The zero-order valence-corrected chi connectivity index (χ0v) is 14.3. The molecule has 1 aromatic heterocycles. The fourth-order valence-corrected chi connectivity index (χ4v) is 3.86. The second kappa shape index (κ2) is 8.79. The summed E-state index contributed by atoms with van der Waals surface area (Å²) in [5.41, 5.74) is 1.21. The third-order valence-electron chi connectivity index (χ3n) is 4.61. The lowest BCUT2D eigenvalue weighted by Gasteiger charge is -2.30. The van der Waals surface area contributed by atoms with Crippen molar-refractivity contribution in [3.63, 3.8) is 0 Å². The quantitative estimate of drug-likeness (QED) is 0.805. The molecule has 1 atom stereocenters. The molecule has 2 rings (SSSR count). The number of nitrogens with zero attached hydrogens (tertiary/aromatic N) is 2. The van der Waals surface area contributed by atoms with Gasteiger partial charge in [0.2, 0.25) is 0 Å². The van der Waals surface area contributed by atoms with Crippen LogP contribution in [0, 0.1) is 5.92 Å². The van der Waals surface area contributed by atoms with Crippen LogP contribution in [0.4, 0.5) is 0 Å². The molecule has 0 spiro atoms. The molecule has 1 N–H and O–H groups in total. The fraction of sp³-hybridized carbons (Fsp3) is 0.824. The number of rotatable bonds is 6. The van der Waals surface area contributed by atoms with Gasteiger partial charge < -0.3 is 5.32 Å². The van der Waals surface area contributed by atoms with Crippen LogP contribution in [0.25, 0.3) is 0 Å². The largest absolute Gasteiger partial charge is 0.309 e. The molecular weight excluding hydrogens is 282 g/mol. The molecule has 0 aromatic carbocycles. The molecule has 120 valence electrons. The summed E-state index contributed by atoms with van der Waals surface area (Å²) in [6, 6.07) is 0.356. The maximum atomic E-state index is 6.48. The van der Waals surface area contributed by atoms with Gasteiger partial charge in [-0.2, -0.15) is 5.10 Å². The van der Waals surface area contributed by atoms with Crippen LogP contribution in [-0.4, -0.2) is 16.3 Å². The predicted molar refractivity (Wildman–Crippen MR) is 89.8 cm³/mol. The Morgan fingerprint density at radius 2 is 1.90 bits per heavy atom. The van der Waals surface area contributed by atoms with Crippen LogP contribution in [-0.2, 0) is 6.54 Å². The van der Waals surface area contributed by atoms with E-state index in [9.17, 15) is 0 Å². The third-order valence-corrected chi connectivity index (χ3v) is 4.90. The highest BCUT2D eigenvalue weighted by Gasteiger charge is 2.27. The fourth-order valence-electron chi connectivity index (χ4n) is 3.60. The lowest BCUT2D eigenvalue weighted by Crippen LogP contribution is -2.31. The molecule has 0 radical (unpaired) electrons. The van der Waals surface area contributed by atoms with Crippen molar-refractivity contribution in [2.24, 2.45) is 5.92 Å². The third kappa shape index (κ3) is 4.46. The van der Waals surface area contributed by atoms with Crippen molar-refractivity contribution in [2.75, 3.05) is 6.54 Å². The van der Waals surface area contributed by atoms with E-state index in [-0.39, 0.29) is 0 Å². The van der Waals surface area contributed by atoms with E-state index in [0.29, 0.717) is 12.0 Å². The van der Waals surface area contributed by atoms with E-state index >= 15 is 0 Å². The summed E-state index contributed by atoms with van der Waals surface area (Å²) < 4.78 is 2.12. The number of hydrogen-bond acceptors (Lipinski definition) is 2. The lowest BCUT2D eigenvalue weighted by molar-refractivity contribution is 0.279. The van der Waals surface area contributed by atoms with Crippen molar-refractivity contribution in [1.29, 1.82) is 0 Å². The van der Waals surface area contributed by atoms with Crippen molar-refractivity contribution >= 4 is 11.6 Å². The van der Waals surface area contributed by atoms with Crippen molar-refractivity contribution in [2.45, 2.75) is 77.8 Å². The van der Waals surface area contributed by atoms with Gasteiger partial charge in [-0.3, -0.25) is 4.68 Å². The topological polar surface area (TPSA) is 29.9 Å². The van der Waals surface area contributed by atoms with Gasteiger partial charge in [-0.1, -0.05) is 57.6 Å². The molecular formula is C17H30ClN3. The van der Waals surface area contributed by atoms with Crippen molar-refractivity contribution in [3.05, 3.63) is 16.9 Å². The zero-order chi connectivity index (χ0) is 15.1. The van der Waals surface area contributed by atoms with Crippen molar-refractivity contribution in [1.82, 2.24) is 15.1 Å². The van der Waals surface area contributed by atoms with Crippen LogP contribution in [0.5, 0.6) is 0 Å². The van der Waals surface area contributed by atoms with Gasteiger partial charge in [0.05, 0.1) is 23.0 Å². The van der Waals surface area contributed by atoms with E-state index in [1.54, 1.807) is 0 Å². The Morgan fingerprint density at radius 3 is 2.52 bits per heavy atom.